The molecule has 0 bridgehead atoms. The summed E-state index contributed by atoms with van der Waals surface area (Å²) < 4.78 is 0. The van der Waals surface area contributed by atoms with Crippen molar-refractivity contribution in [2.24, 2.45) is 0 Å². The number of rotatable bonds is 4. The van der Waals surface area contributed by atoms with Crippen LogP contribution in [-0.4, -0.2) is 25.3 Å². The van der Waals surface area contributed by atoms with Crippen LogP contribution in [0.2, 0.25) is 0 Å². The molecule has 2 aromatic heterocycles. The Balaban J connectivity index is 1.64. The second-order valence-corrected chi connectivity index (χ2v) is 7.12. The molecule has 0 atom stereocenters. The number of hydrogen-bond donors (Lipinski definition) is 2. The SMILES string of the molecule is Cc1cc(Nc2nccnn2)cc(-c2cnc(C3(O)CCC3)s2)c1. The van der Waals surface area contributed by atoms with Gasteiger partial charge in [-0.1, -0.05) is 6.07 Å². The minimum atomic E-state index is -0.711. The summed E-state index contributed by atoms with van der Waals surface area (Å²) in [5, 5.41) is 22.2. The zero-order valence-corrected chi connectivity index (χ0v) is 14.0. The van der Waals surface area contributed by atoms with Crippen LogP contribution in [0.15, 0.2) is 36.8 Å². The maximum Gasteiger partial charge on any atom is 0.247 e. The molecule has 0 spiro atoms. The van der Waals surface area contributed by atoms with Gasteiger partial charge in [-0.3, -0.25) is 0 Å². The third kappa shape index (κ3) is 2.88. The van der Waals surface area contributed by atoms with Crippen molar-refractivity contribution in [3.05, 3.63) is 47.4 Å². The van der Waals surface area contributed by atoms with Gasteiger partial charge in [-0.05, 0) is 49.4 Å². The van der Waals surface area contributed by atoms with Gasteiger partial charge in [0.15, 0.2) is 0 Å². The van der Waals surface area contributed by atoms with Gasteiger partial charge in [-0.2, -0.15) is 5.10 Å². The van der Waals surface area contributed by atoms with Crippen LogP contribution in [0.3, 0.4) is 0 Å². The average molecular weight is 339 g/mol. The second kappa shape index (κ2) is 5.92. The summed E-state index contributed by atoms with van der Waals surface area (Å²) >= 11 is 1.56. The summed E-state index contributed by atoms with van der Waals surface area (Å²) in [6.07, 6.45) is 7.65. The van der Waals surface area contributed by atoms with Gasteiger partial charge >= 0.3 is 0 Å². The molecule has 0 saturated heterocycles. The standard InChI is InChI=1S/C17H17N5OS/c1-11-7-12(9-13(8-11)21-16-18-5-6-20-22-16)14-10-19-15(24-14)17(23)3-2-4-17/h5-10,23H,2-4H2,1H3,(H,18,21,22). The Bertz CT molecular complexity index is 860. The maximum absolute atomic E-state index is 10.5. The molecule has 0 unspecified atom stereocenters. The highest BCUT2D eigenvalue weighted by Crippen LogP contribution is 2.44. The Labute approximate surface area is 143 Å². The first-order chi connectivity index (χ1) is 11.6. The van der Waals surface area contributed by atoms with Crippen LogP contribution in [0.1, 0.15) is 29.8 Å². The minimum Gasteiger partial charge on any atom is -0.383 e. The summed E-state index contributed by atoms with van der Waals surface area (Å²) in [5.41, 5.74) is 2.37. The van der Waals surface area contributed by atoms with Crippen LogP contribution in [0.25, 0.3) is 10.4 Å². The number of anilines is 2. The molecule has 7 heteroatoms. The number of hydrogen-bond acceptors (Lipinski definition) is 7. The van der Waals surface area contributed by atoms with Gasteiger partial charge in [0.05, 0.1) is 17.3 Å². The van der Waals surface area contributed by atoms with Gasteiger partial charge in [0.1, 0.15) is 10.6 Å². The molecule has 24 heavy (non-hydrogen) atoms. The molecule has 122 valence electrons. The van der Waals surface area contributed by atoms with E-state index in [0.717, 1.165) is 46.0 Å². The smallest absolute Gasteiger partial charge is 0.247 e. The van der Waals surface area contributed by atoms with Crippen LogP contribution in [0.4, 0.5) is 11.6 Å². The largest absolute Gasteiger partial charge is 0.383 e. The molecule has 1 aliphatic rings. The molecule has 0 radical (unpaired) electrons. The highest BCUT2D eigenvalue weighted by Gasteiger charge is 2.39. The van der Waals surface area contributed by atoms with E-state index in [9.17, 15) is 5.11 Å². The Morgan fingerprint density at radius 1 is 1.17 bits per heavy atom. The fourth-order valence-electron chi connectivity index (χ4n) is 2.78. The number of thiazole rings is 1. The van der Waals surface area contributed by atoms with Crippen molar-refractivity contribution < 1.29 is 5.11 Å². The van der Waals surface area contributed by atoms with E-state index in [1.165, 1.54) is 6.20 Å². The second-order valence-electron chi connectivity index (χ2n) is 6.09. The molecule has 1 fully saturated rings. The van der Waals surface area contributed by atoms with Crippen LogP contribution in [0, 0.1) is 6.92 Å². The van der Waals surface area contributed by atoms with E-state index in [4.69, 9.17) is 0 Å². The van der Waals surface area contributed by atoms with Crippen molar-refractivity contribution in [3.8, 4) is 10.4 Å². The van der Waals surface area contributed by atoms with Crippen molar-refractivity contribution in [3.63, 3.8) is 0 Å². The van der Waals surface area contributed by atoms with E-state index >= 15 is 0 Å². The summed E-state index contributed by atoms with van der Waals surface area (Å²) in [6.45, 7) is 2.04. The molecule has 3 aromatic rings. The van der Waals surface area contributed by atoms with E-state index < -0.39 is 5.60 Å². The monoisotopic (exact) mass is 339 g/mol. The Hall–Kier alpha value is -2.38. The first-order valence-corrected chi connectivity index (χ1v) is 8.65. The molecule has 1 saturated carbocycles. The van der Waals surface area contributed by atoms with Crippen LogP contribution in [-0.2, 0) is 5.60 Å². The van der Waals surface area contributed by atoms with Gasteiger partial charge in [0.25, 0.3) is 0 Å². The quantitative estimate of drug-likeness (QED) is 0.758. The number of nitrogens with one attached hydrogen (secondary N) is 1. The van der Waals surface area contributed by atoms with Crippen molar-refractivity contribution >= 4 is 23.0 Å². The van der Waals surface area contributed by atoms with E-state index in [1.54, 1.807) is 17.5 Å². The van der Waals surface area contributed by atoms with Crippen molar-refractivity contribution in [2.45, 2.75) is 31.8 Å². The lowest BCUT2D eigenvalue weighted by Crippen LogP contribution is -2.33. The molecular formula is C17H17N5OS. The molecule has 0 aliphatic heterocycles. The van der Waals surface area contributed by atoms with Crippen LogP contribution in [0.5, 0.6) is 0 Å². The predicted octanol–water partition coefficient (Wildman–Crippen LogP) is 3.42. The van der Waals surface area contributed by atoms with Gasteiger partial charge < -0.3 is 10.4 Å². The highest BCUT2D eigenvalue weighted by molar-refractivity contribution is 7.15. The maximum atomic E-state index is 10.5. The normalized spacial score (nSPS) is 15.8. The lowest BCUT2D eigenvalue weighted by atomic mass is 9.81. The van der Waals surface area contributed by atoms with Crippen LogP contribution < -0.4 is 5.32 Å². The third-order valence-electron chi connectivity index (χ3n) is 4.19. The molecule has 2 heterocycles. The van der Waals surface area contributed by atoms with Crippen molar-refractivity contribution in [1.29, 1.82) is 0 Å². The van der Waals surface area contributed by atoms with E-state index in [1.807, 2.05) is 25.3 Å². The Morgan fingerprint density at radius 3 is 2.75 bits per heavy atom. The predicted molar refractivity (Wildman–Crippen MR) is 93.1 cm³/mol. The Kier molecular flexibility index (Phi) is 3.74. The molecule has 2 N–H and O–H groups in total. The van der Waals surface area contributed by atoms with Gasteiger partial charge in [0, 0.05) is 11.9 Å². The lowest BCUT2D eigenvalue weighted by Gasteiger charge is -2.34. The summed E-state index contributed by atoms with van der Waals surface area (Å²) in [7, 11) is 0. The first-order valence-electron chi connectivity index (χ1n) is 7.84. The third-order valence-corrected chi connectivity index (χ3v) is 5.42. The summed E-state index contributed by atoms with van der Waals surface area (Å²) in [4.78, 5) is 9.62. The molecular weight excluding hydrogens is 322 g/mol. The zero-order valence-electron chi connectivity index (χ0n) is 13.2. The van der Waals surface area contributed by atoms with Crippen molar-refractivity contribution in [1.82, 2.24) is 20.2 Å². The van der Waals surface area contributed by atoms with E-state index in [-0.39, 0.29) is 0 Å². The number of aryl methyl sites for hydroxylation is 1. The van der Waals surface area contributed by atoms with E-state index in [2.05, 4.69) is 31.5 Å². The number of benzene rings is 1. The fourth-order valence-corrected chi connectivity index (χ4v) is 3.83. The molecule has 4 rings (SSSR count). The lowest BCUT2D eigenvalue weighted by molar-refractivity contribution is -0.0389. The topological polar surface area (TPSA) is 83.8 Å². The summed E-state index contributed by atoms with van der Waals surface area (Å²) in [5.74, 6) is 0.461. The molecule has 1 aliphatic carbocycles. The Morgan fingerprint density at radius 2 is 2.04 bits per heavy atom. The number of nitrogens with zero attached hydrogens (tertiary/aromatic N) is 4. The van der Waals surface area contributed by atoms with Gasteiger partial charge in [-0.15, -0.1) is 16.4 Å². The average Bonchev–Trinajstić information content (AvgIpc) is 3.03. The van der Waals surface area contributed by atoms with Gasteiger partial charge in [0.2, 0.25) is 5.95 Å². The minimum absolute atomic E-state index is 0.461. The zero-order chi connectivity index (χ0) is 16.6. The molecule has 1 aromatic carbocycles. The fraction of sp³-hybridized carbons (Fsp3) is 0.294. The first kappa shape index (κ1) is 15.2. The highest BCUT2D eigenvalue weighted by atomic mass is 32.1. The van der Waals surface area contributed by atoms with Crippen molar-refractivity contribution in [2.75, 3.05) is 5.32 Å². The summed E-state index contributed by atoms with van der Waals surface area (Å²) in [6, 6.07) is 6.17. The number of aromatic nitrogens is 4. The van der Waals surface area contributed by atoms with Gasteiger partial charge in [-0.25, -0.2) is 9.97 Å². The van der Waals surface area contributed by atoms with Crippen LogP contribution >= 0.6 is 11.3 Å². The number of aliphatic hydroxyl groups is 1. The molecule has 0 amide bonds. The van der Waals surface area contributed by atoms with E-state index in [0.29, 0.717) is 5.95 Å². The molecule has 6 nitrogen and oxygen atoms in total.